The van der Waals surface area contributed by atoms with Gasteiger partial charge in [-0.2, -0.15) is 0 Å². The van der Waals surface area contributed by atoms with Crippen molar-refractivity contribution in [2.45, 2.75) is 31.6 Å². The number of carbonyl (C=O) groups excluding carboxylic acids is 1. The van der Waals surface area contributed by atoms with Crippen molar-refractivity contribution >= 4 is 5.91 Å². The number of likely N-dealkylation sites (tertiary alicyclic amines) is 1. The summed E-state index contributed by atoms with van der Waals surface area (Å²) in [7, 11) is 0. The zero-order valence-electron chi connectivity index (χ0n) is 11.7. The molecule has 0 unspecified atom stereocenters. The fourth-order valence-electron chi connectivity index (χ4n) is 2.83. The second-order valence-electron chi connectivity index (χ2n) is 5.80. The maximum atomic E-state index is 12.0. The van der Waals surface area contributed by atoms with Crippen LogP contribution in [-0.2, 0) is 4.79 Å². The lowest BCUT2D eigenvalue weighted by atomic mass is 9.96. The standard InChI is InChI=1S/C15H17N3O3/c19-15(11-3-4-11)18-7-5-10(6-8-18)13-16-17-14(21-13)12-2-1-9-20-12/h1-2,9-11H,3-8H2. The highest BCUT2D eigenvalue weighted by Crippen LogP contribution is 2.34. The summed E-state index contributed by atoms with van der Waals surface area (Å²) in [4.78, 5) is 14.0. The van der Waals surface area contributed by atoms with Gasteiger partial charge < -0.3 is 13.7 Å². The van der Waals surface area contributed by atoms with Crippen LogP contribution in [0.4, 0.5) is 0 Å². The van der Waals surface area contributed by atoms with E-state index in [1.165, 1.54) is 0 Å². The fraction of sp³-hybridized carbons (Fsp3) is 0.533. The normalized spacial score (nSPS) is 19.9. The number of furan rings is 1. The predicted octanol–water partition coefficient (Wildman–Crippen LogP) is 2.45. The number of hydrogen-bond donors (Lipinski definition) is 0. The highest BCUT2D eigenvalue weighted by molar-refractivity contribution is 5.81. The van der Waals surface area contributed by atoms with Crippen molar-refractivity contribution in [2.75, 3.05) is 13.1 Å². The van der Waals surface area contributed by atoms with Gasteiger partial charge in [0.1, 0.15) is 0 Å². The van der Waals surface area contributed by atoms with Gasteiger partial charge in [-0.3, -0.25) is 4.79 Å². The van der Waals surface area contributed by atoms with Crippen molar-refractivity contribution < 1.29 is 13.6 Å². The van der Waals surface area contributed by atoms with Crippen molar-refractivity contribution in [3.8, 4) is 11.7 Å². The van der Waals surface area contributed by atoms with Gasteiger partial charge in [-0.25, -0.2) is 0 Å². The van der Waals surface area contributed by atoms with Gasteiger partial charge in [0.05, 0.1) is 6.26 Å². The molecule has 4 rings (SSSR count). The smallest absolute Gasteiger partial charge is 0.283 e. The summed E-state index contributed by atoms with van der Waals surface area (Å²) in [5.41, 5.74) is 0. The van der Waals surface area contributed by atoms with E-state index in [0.717, 1.165) is 38.8 Å². The lowest BCUT2D eigenvalue weighted by Gasteiger charge is -2.30. The summed E-state index contributed by atoms with van der Waals surface area (Å²) in [5.74, 6) is 2.54. The molecule has 1 aliphatic heterocycles. The summed E-state index contributed by atoms with van der Waals surface area (Å²) in [5, 5.41) is 8.17. The molecule has 1 aliphatic carbocycles. The molecule has 2 aromatic rings. The molecule has 1 amide bonds. The Kier molecular flexibility index (Phi) is 3.02. The van der Waals surface area contributed by atoms with Crippen molar-refractivity contribution in [3.63, 3.8) is 0 Å². The number of hydrogen-bond acceptors (Lipinski definition) is 5. The van der Waals surface area contributed by atoms with E-state index in [2.05, 4.69) is 10.2 Å². The third-order valence-corrected chi connectivity index (χ3v) is 4.26. The molecule has 3 heterocycles. The van der Waals surface area contributed by atoms with Crippen molar-refractivity contribution in [3.05, 3.63) is 24.3 Å². The van der Waals surface area contributed by atoms with E-state index in [9.17, 15) is 4.79 Å². The van der Waals surface area contributed by atoms with Crippen molar-refractivity contribution in [1.29, 1.82) is 0 Å². The van der Waals surface area contributed by atoms with Crippen molar-refractivity contribution in [2.24, 2.45) is 5.92 Å². The van der Waals surface area contributed by atoms with Gasteiger partial charge in [0.2, 0.25) is 11.8 Å². The summed E-state index contributed by atoms with van der Waals surface area (Å²) >= 11 is 0. The summed E-state index contributed by atoms with van der Waals surface area (Å²) < 4.78 is 11.0. The molecule has 0 radical (unpaired) electrons. The molecular weight excluding hydrogens is 270 g/mol. The maximum Gasteiger partial charge on any atom is 0.283 e. The lowest BCUT2D eigenvalue weighted by molar-refractivity contribution is -0.133. The van der Waals surface area contributed by atoms with E-state index in [-0.39, 0.29) is 5.92 Å². The Morgan fingerprint density at radius 1 is 1.19 bits per heavy atom. The van der Waals surface area contributed by atoms with Gasteiger partial charge in [0.25, 0.3) is 5.89 Å². The molecule has 0 N–H and O–H groups in total. The molecule has 2 aliphatic rings. The van der Waals surface area contributed by atoms with Crippen LogP contribution in [0.25, 0.3) is 11.7 Å². The Labute approximate surface area is 122 Å². The molecule has 0 bridgehead atoms. The van der Waals surface area contributed by atoms with E-state index in [1.54, 1.807) is 18.4 Å². The average Bonchev–Trinajstić information content (AvgIpc) is 3.03. The van der Waals surface area contributed by atoms with Crippen LogP contribution in [0.15, 0.2) is 27.2 Å². The van der Waals surface area contributed by atoms with Gasteiger partial charge in [-0.05, 0) is 37.8 Å². The fourth-order valence-corrected chi connectivity index (χ4v) is 2.83. The number of nitrogens with zero attached hydrogens (tertiary/aromatic N) is 3. The number of amides is 1. The molecule has 0 atom stereocenters. The molecule has 1 saturated carbocycles. The van der Waals surface area contributed by atoms with Crippen LogP contribution in [0, 0.1) is 5.92 Å². The zero-order chi connectivity index (χ0) is 14.2. The van der Waals surface area contributed by atoms with E-state index in [1.807, 2.05) is 4.90 Å². The molecule has 0 aromatic carbocycles. The van der Waals surface area contributed by atoms with Crippen molar-refractivity contribution in [1.82, 2.24) is 15.1 Å². The Balaban J connectivity index is 1.41. The second-order valence-corrected chi connectivity index (χ2v) is 5.80. The van der Waals surface area contributed by atoms with Crippen LogP contribution in [-0.4, -0.2) is 34.1 Å². The maximum absolute atomic E-state index is 12.0. The summed E-state index contributed by atoms with van der Waals surface area (Å²) in [6.07, 6.45) is 5.49. The minimum atomic E-state index is 0.240. The van der Waals surface area contributed by atoms with Gasteiger partial charge in [0.15, 0.2) is 5.76 Å². The minimum Gasteiger partial charge on any atom is -0.459 e. The highest BCUT2D eigenvalue weighted by Gasteiger charge is 2.35. The Hall–Kier alpha value is -2.11. The first-order chi connectivity index (χ1) is 10.3. The summed E-state index contributed by atoms with van der Waals surface area (Å²) in [6.45, 7) is 1.58. The second kappa shape index (κ2) is 5.02. The molecule has 21 heavy (non-hydrogen) atoms. The average molecular weight is 287 g/mol. The molecule has 2 fully saturated rings. The van der Waals surface area contributed by atoms with Gasteiger partial charge in [-0.1, -0.05) is 0 Å². The number of aromatic nitrogens is 2. The lowest BCUT2D eigenvalue weighted by Crippen LogP contribution is -2.38. The zero-order valence-corrected chi connectivity index (χ0v) is 11.7. The Bertz CT molecular complexity index is 622. The minimum absolute atomic E-state index is 0.240. The largest absolute Gasteiger partial charge is 0.459 e. The number of piperidine rings is 1. The summed E-state index contributed by atoms with van der Waals surface area (Å²) in [6, 6.07) is 3.59. The first-order valence-corrected chi connectivity index (χ1v) is 7.47. The molecule has 6 heteroatoms. The van der Waals surface area contributed by atoms with Gasteiger partial charge in [-0.15, -0.1) is 10.2 Å². The van der Waals surface area contributed by atoms with Crippen LogP contribution in [0.1, 0.15) is 37.5 Å². The Morgan fingerprint density at radius 2 is 2.00 bits per heavy atom. The third-order valence-electron chi connectivity index (χ3n) is 4.26. The molecule has 1 saturated heterocycles. The van der Waals surface area contributed by atoms with E-state index in [4.69, 9.17) is 8.83 Å². The predicted molar refractivity (Wildman–Crippen MR) is 73.3 cm³/mol. The van der Waals surface area contributed by atoms with Crippen LogP contribution in [0.2, 0.25) is 0 Å². The topological polar surface area (TPSA) is 72.4 Å². The SMILES string of the molecule is O=C(C1CC1)N1CCC(c2nnc(-c3ccco3)o2)CC1. The first kappa shape index (κ1) is 12.6. The number of carbonyl (C=O) groups is 1. The molecule has 6 nitrogen and oxygen atoms in total. The highest BCUT2D eigenvalue weighted by atomic mass is 16.4. The number of rotatable bonds is 3. The van der Waals surface area contributed by atoms with Crippen LogP contribution in [0.3, 0.4) is 0 Å². The monoisotopic (exact) mass is 287 g/mol. The van der Waals surface area contributed by atoms with Crippen LogP contribution in [0.5, 0.6) is 0 Å². The van der Waals surface area contributed by atoms with Gasteiger partial charge >= 0.3 is 0 Å². The molecule has 0 spiro atoms. The third kappa shape index (κ3) is 2.46. The van der Waals surface area contributed by atoms with E-state index in [0.29, 0.717) is 29.4 Å². The van der Waals surface area contributed by atoms with Gasteiger partial charge in [0, 0.05) is 24.9 Å². The molecule has 2 aromatic heterocycles. The Morgan fingerprint density at radius 3 is 2.67 bits per heavy atom. The first-order valence-electron chi connectivity index (χ1n) is 7.47. The molecular formula is C15H17N3O3. The van der Waals surface area contributed by atoms with E-state index >= 15 is 0 Å². The molecule has 110 valence electrons. The van der Waals surface area contributed by atoms with E-state index < -0.39 is 0 Å². The quantitative estimate of drug-likeness (QED) is 0.867. The van der Waals surface area contributed by atoms with Crippen LogP contribution >= 0.6 is 0 Å². The van der Waals surface area contributed by atoms with Crippen LogP contribution < -0.4 is 0 Å².